The average molecular weight is 215 g/mol. The Bertz CT molecular complexity index is 369. The third-order valence-corrected chi connectivity index (χ3v) is 3.14. The average Bonchev–Trinajstić information content (AvgIpc) is 2.73. The van der Waals surface area contributed by atoms with Gasteiger partial charge in [-0.2, -0.15) is 5.26 Å². The minimum Gasteiger partial charge on any atom is -0.305 e. The van der Waals surface area contributed by atoms with E-state index >= 15 is 0 Å². The fourth-order valence-corrected chi connectivity index (χ4v) is 2.15. The number of benzene rings is 1. The first-order valence-electron chi connectivity index (χ1n) is 5.69. The second-order valence-electron chi connectivity index (χ2n) is 4.24. The van der Waals surface area contributed by atoms with Gasteiger partial charge >= 0.3 is 0 Å². The van der Waals surface area contributed by atoms with Gasteiger partial charge in [0.2, 0.25) is 0 Å². The molecule has 1 N–H and O–H groups in total. The Morgan fingerprint density at radius 1 is 1.38 bits per heavy atom. The van der Waals surface area contributed by atoms with Gasteiger partial charge in [-0.25, -0.2) is 0 Å². The van der Waals surface area contributed by atoms with E-state index in [1.54, 1.807) is 0 Å². The zero-order chi connectivity index (χ0) is 11.4. The van der Waals surface area contributed by atoms with Crippen LogP contribution in [0.2, 0.25) is 0 Å². The summed E-state index contributed by atoms with van der Waals surface area (Å²) >= 11 is 0. The lowest BCUT2D eigenvalue weighted by molar-refractivity contribution is 0.273. The number of nitriles is 1. The SMILES string of the molecule is CNC(C#N)CCN1Cc2ccccc2C1. The first-order chi connectivity index (χ1) is 7.83. The number of nitrogens with zero attached hydrogens (tertiary/aromatic N) is 2. The minimum absolute atomic E-state index is 0.0243. The van der Waals surface area contributed by atoms with Crippen LogP contribution in [-0.4, -0.2) is 24.5 Å². The van der Waals surface area contributed by atoms with Gasteiger partial charge in [0, 0.05) is 19.6 Å². The zero-order valence-corrected chi connectivity index (χ0v) is 9.61. The monoisotopic (exact) mass is 215 g/mol. The van der Waals surface area contributed by atoms with Gasteiger partial charge < -0.3 is 5.32 Å². The van der Waals surface area contributed by atoms with Crippen molar-refractivity contribution in [2.45, 2.75) is 25.6 Å². The summed E-state index contributed by atoms with van der Waals surface area (Å²) in [4.78, 5) is 2.40. The van der Waals surface area contributed by atoms with Crippen LogP contribution < -0.4 is 5.32 Å². The molecule has 0 saturated carbocycles. The second kappa shape index (κ2) is 5.11. The molecule has 0 aliphatic carbocycles. The molecule has 0 fully saturated rings. The molecule has 1 heterocycles. The Morgan fingerprint density at radius 3 is 2.50 bits per heavy atom. The molecule has 0 amide bonds. The Kier molecular flexibility index (Phi) is 3.55. The van der Waals surface area contributed by atoms with Gasteiger partial charge in [0.1, 0.15) is 0 Å². The second-order valence-corrected chi connectivity index (χ2v) is 4.24. The molecule has 84 valence electrons. The molecule has 1 aromatic rings. The maximum absolute atomic E-state index is 8.84. The van der Waals surface area contributed by atoms with Gasteiger partial charge in [-0.1, -0.05) is 24.3 Å². The predicted octanol–water partition coefficient (Wildman–Crippen LogP) is 1.50. The summed E-state index contributed by atoms with van der Waals surface area (Å²) in [5.41, 5.74) is 2.86. The maximum atomic E-state index is 8.84. The third kappa shape index (κ3) is 2.41. The van der Waals surface area contributed by atoms with Crippen LogP contribution in [0.3, 0.4) is 0 Å². The molecule has 3 heteroatoms. The van der Waals surface area contributed by atoms with Crippen LogP contribution in [0, 0.1) is 11.3 Å². The first-order valence-corrected chi connectivity index (χ1v) is 5.69. The summed E-state index contributed by atoms with van der Waals surface area (Å²) in [6, 6.07) is 10.8. The Morgan fingerprint density at radius 2 is 2.00 bits per heavy atom. The van der Waals surface area contributed by atoms with Crippen LogP contribution in [0.5, 0.6) is 0 Å². The maximum Gasteiger partial charge on any atom is 0.0962 e. The van der Waals surface area contributed by atoms with E-state index in [0.717, 1.165) is 26.1 Å². The van der Waals surface area contributed by atoms with E-state index in [9.17, 15) is 0 Å². The van der Waals surface area contributed by atoms with Gasteiger partial charge in [0.25, 0.3) is 0 Å². The van der Waals surface area contributed by atoms with Crippen LogP contribution in [0.25, 0.3) is 0 Å². The van der Waals surface area contributed by atoms with Crippen molar-refractivity contribution in [1.29, 1.82) is 5.26 Å². The largest absolute Gasteiger partial charge is 0.305 e. The van der Waals surface area contributed by atoms with Crippen molar-refractivity contribution in [2.75, 3.05) is 13.6 Å². The number of fused-ring (bicyclic) bond motifs is 1. The van der Waals surface area contributed by atoms with Gasteiger partial charge in [0.05, 0.1) is 12.1 Å². The standard InChI is InChI=1S/C13H17N3/c1-15-13(8-14)6-7-16-9-11-4-2-3-5-12(11)10-16/h2-5,13,15H,6-7,9-10H2,1H3. The highest BCUT2D eigenvalue weighted by Crippen LogP contribution is 2.22. The van der Waals surface area contributed by atoms with E-state index < -0.39 is 0 Å². The lowest BCUT2D eigenvalue weighted by Crippen LogP contribution is -2.29. The molecule has 0 radical (unpaired) electrons. The highest BCUT2D eigenvalue weighted by atomic mass is 15.1. The van der Waals surface area contributed by atoms with E-state index in [2.05, 4.69) is 40.6 Å². The quantitative estimate of drug-likeness (QED) is 0.827. The van der Waals surface area contributed by atoms with Gasteiger partial charge in [-0.15, -0.1) is 0 Å². The normalized spacial score (nSPS) is 16.8. The fraction of sp³-hybridized carbons (Fsp3) is 0.462. The number of rotatable bonds is 4. The van der Waals surface area contributed by atoms with Crippen molar-refractivity contribution in [3.05, 3.63) is 35.4 Å². The van der Waals surface area contributed by atoms with Crippen LogP contribution in [0.15, 0.2) is 24.3 Å². The highest BCUT2D eigenvalue weighted by molar-refractivity contribution is 5.30. The molecule has 1 atom stereocenters. The van der Waals surface area contributed by atoms with Crippen LogP contribution in [-0.2, 0) is 13.1 Å². The van der Waals surface area contributed by atoms with Crippen LogP contribution >= 0.6 is 0 Å². The van der Waals surface area contributed by atoms with Gasteiger partial charge in [-0.05, 0) is 24.6 Å². The highest BCUT2D eigenvalue weighted by Gasteiger charge is 2.18. The smallest absolute Gasteiger partial charge is 0.0962 e. The lowest BCUT2D eigenvalue weighted by Gasteiger charge is -2.16. The zero-order valence-electron chi connectivity index (χ0n) is 9.61. The molecule has 0 saturated heterocycles. The van der Waals surface area contributed by atoms with Crippen molar-refractivity contribution in [3.8, 4) is 6.07 Å². The molecule has 0 aromatic heterocycles. The molecule has 16 heavy (non-hydrogen) atoms. The molecule has 1 aliphatic rings. The van der Waals surface area contributed by atoms with Crippen molar-refractivity contribution in [1.82, 2.24) is 10.2 Å². The molecule has 0 spiro atoms. The molecule has 1 aliphatic heterocycles. The summed E-state index contributed by atoms with van der Waals surface area (Å²) in [5, 5.41) is 11.9. The van der Waals surface area contributed by atoms with E-state index in [4.69, 9.17) is 5.26 Å². The Labute approximate surface area is 96.7 Å². The lowest BCUT2D eigenvalue weighted by atomic mass is 10.1. The number of hydrogen-bond acceptors (Lipinski definition) is 3. The summed E-state index contributed by atoms with van der Waals surface area (Å²) in [5.74, 6) is 0. The first kappa shape index (κ1) is 11.1. The van der Waals surface area contributed by atoms with Crippen molar-refractivity contribution in [3.63, 3.8) is 0 Å². The molecule has 2 rings (SSSR count). The van der Waals surface area contributed by atoms with Crippen molar-refractivity contribution >= 4 is 0 Å². The van der Waals surface area contributed by atoms with Gasteiger partial charge in [0.15, 0.2) is 0 Å². The van der Waals surface area contributed by atoms with Crippen LogP contribution in [0.1, 0.15) is 17.5 Å². The van der Waals surface area contributed by atoms with Crippen molar-refractivity contribution < 1.29 is 0 Å². The van der Waals surface area contributed by atoms with Crippen LogP contribution in [0.4, 0.5) is 0 Å². The summed E-state index contributed by atoms with van der Waals surface area (Å²) in [7, 11) is 1.84. The topological polar surface area (TPSA) is 39.1 Å². The third-order valence-electron chi connectivity index (χ3n) is 3.14. The minimum atomic E-state index is -0.0243. The molecule has 1 aromatic carbocycles. The molecular weight excluding hydrogens is 198 g/mol. The fourth-order valence-electron chi connectivity index (χ4n) is 2.15. The summed E-state index contributed by atoms with van der Waals surface area (Å²) in [6.45, 7) is 3.03. The molecule has 1 unspecified atom stereocenters. The predicted molar refractivity (Wildman–Crippen MR) is 63.6 cm³/mol. The summed E-state index contributed by atoms with van der Waals surface area (Å²) < 4.78 is 0. The van der Waals surface area contributed by atoms with E-state index in [1.165, 1.54) is 11.1 Å². The number of nitrogens with one attached hydrogen (secondary N) is 1. The molecule has 3 nitrogen and oxygen atoms in total. The molecule has 0 bridgehead atoms. The number of hydrogen-bond donors (Lipinski definition) is 1. The Balaban J connectivity index is 1.86. The van der Waals surface area contributed by atoms with E-state index in [0.29, 0.717) is 0 Å². The summed E-state index contributed by atoms with van der Waals surface area (Å²) in [6.07, 6.45) is 0.890. The van der Waals surface area contributed by atoms with E-state index in [1.807, 2.05) is 7.05 Å². The van der Waals surface area contributed by atoms with E-state index in [-0.39, 0.29) is 6.04 Å². The Hall–Kier alpha value is -1.37. The molecular formula is C13H17N3. The van der Waals surface area contributed by atoms with Gasteiger partial charge in [-0.3, -0.25) is 4.90 Å². The van der Waals surface area contributed by atoms with Crippen molar-refractivity contribution in [2.24, 2.45) is 0 Å².